The van der Waals surface area contributed by atoms with Crippen LogP contribution in [-0.4, -0.2) is 32.5 Å². The van der Waals surface area contributed by atoms with Gasteiger partial charge in [-0.15, -0.1) is 0 Å². The Bertz CT molecular complexity index is 436. The monoisotopic (exact) mass is 239 g/mol. The maximum absolute atomic E-state index is 10.4. The normalized spacial score (nSPS) is 10.1. The fraction of sp³-hybridized carbons (Fsp3) is 0.364. The van der Waals surface area contributed by atoms with Crippen molar-refractivity contribution < 1.29 is 24.1 Å². The molecule has 1 N–H and O–H groups in total. The van der Waals surface area contributed by atoms with Crippen LogP contribution in [0.15, 0.2) is 17.1 Å². The van der Waals surface area contributed by atoms with E-state index in [9.17, 15) is 9.90 Å². The average Bonchev–Trinajstić information content (AvgIpc) is 2.34. The Labute approximate surface area is 98.4 Å². The molecule has 92 valence electrons. The van der Waals surface area contributed by atoms with Crippen molar-refractivity contribution >= 4 is 11.8 Å². The standard InChI is InChI=1S/C11H13NO5/c1-15-10-8(14)5-4-7(9(10)12-6-13)11(16-2)17-3/h4-5,11,14H,1-3H3. The van der Waals surface area contributed by atoms with Gasteiger partial charge in [-0.1, -0.05) is 0 Å². The van der Waals surface area contributed by atoms with Gasteiger partial charge < -0.3 is 19.3 Å². The number of nitrogens with zero attached hydrogens (tertiary/aromatic N) is 1. The van der Waals surface area contributed by atoms with Gasteiger partial charge in [0.05, 0.1) is 7.11 Å². The van der Waals surface area contributed by atoms with E-state index < -0.39 is 6.29 Å². The molecule has 1 aromatic rings. The SMILES string of the molecule is COc1c(O)ccc(C(OC)OC)c1N=C=O. The second-order valence-electron chi connectivity index (χ2n) is 3.06. The van der Waals surface area contributed by atoms with E-state index in [1.807, 2.05) is 0 Å². The number of aromatic hydroxyl groups is 1. The fourth-order valence-electron chi connectivity index (χ4n) is 1.48. The van der Waals surface area contributed by atoms with Gasteiger partial charge in [0.1, 0.15) is 5.69 Å². The minimum absolute atomic E-state index is 0.0740. The van der Waals surface area contributed by atoms with Crippen LogP contribution in [0.5, 0.6) is 11.5 Å². The molecule has 0 heterocycles. The first-order valence-corrected chi connectivity index (χ1v) is 4.72. The van der Waals surface area contributed by atoms with E-state index in [1.165, 1.54) is 39.5 Å². The molecule has 0 aliphatic heterocycles. The van der Waals surface area contributed by atoms with Crippen molar-refractivity contribution in [2.45, 2.75) is 6.29 Å². The Morgan fingerprint density at radius 2 is 1.94 bits per heavy atom. The molecule has 6 heteroatoms. The van der Waals surface area contributed by atoms with Crippen molar-refractivity contribution in [3.63, 3.8) is 0 Å². The Balaban J connectivity index is 3.44. The van der Waals surface area contributed by atoms with Gasteiger partial charge in [0.25, 0.3) is 0 Å². The number of aliphatic imine (C=N–C) groups is 1. The number of carbonyl (C=O) groups excluding carboxylic acids is 1. The van der Waals surface area contributed by atoms with Gasteiger partial charge in [-0.3, -0.25) is 0 Å². The minimum atomic E-state index is -0.711. The maximum Gasteiger partial charge on any atom is 0.240 e. The van der Waals surface area contributed by atoms with E-state index in [0.29, 0.717) is 5.56 Å². The predicted molar refractivity (Wildman–Crippen MR) is 59.2 cm³/mol. The largest absolute Gasteiger partial charge is 0.504 e. The summed E-state index contributed by atoms with van der Waals surface area (Å²) in [5.74, 6) is -0.0545. The predicted octanol–water partition coefficient (Wildman–Crippen LogP) is 1.66. The molecular formula is C11H13NO5. The van der Waals surface area contributed by atoms with Crippen molar-refractivity contribution in [3.8, 4) is 11.5 Å². The Kier molecular flexibility index (Phi) is 4.66. The first-order valence-electron chi connectivity index (χ1n) is 4.72. The Morgan fingerprint density at radius 3 is 2.41 bits per heavy atom. The van der Waals surface area contributed by atoms with Crippen molar-refractivity contribution in [1.82, 2.24) is 0 Å². The molecule has 0 atom stereocenters. The van der Waals surface area contributed by atoms with Gasteiger partial charge in [-0.05, 0) is 12.1 Å². The zero-order valence-electron chi connectivity index (χ0n) is 9.76. The third-order valence-corrected chi connectivity index (χ3v) is 2.19. The molecule has 0 unspecified atom stereocenters. The van der Waals surface area contributed by atoms with E-state index in [1.54, 1.807) is 0 Å². The molecular weight excluding hydrogens is 226 g/mol. The lowest BCUT2D eigenvalue weighted by molar-refractivity contribution is -0.105. The molecule has 6 nitrogen and oxygen atoms in total. The number of ether oxygens (including phenoxy) is 3. The molecule has 0 aromatic heterocycles. The zero-order valence-corrected chi connectivity index (χ0v) is 9.76. The van der Waals surface area contributed by atoms with Crippen LogP contribution in [0.3, 0.4) is 0 Å². The van der Waals surface area contributed by atoms with Crippen LogP contribution in [-0.2, 0) is 14.3 Å². The summed E-state index contributed by atoms with van der Waals surface area (Å²) in [5.41, 5.74) is 0.601. The summed E-state index contributed by atoms with van der Waals surface area (Å²) in [7, 11) is 4.25. The lowest BCUT2D eigenvalue weighted by atomic mass is 10.1. The molecule has 0 aliphatic carbocycles. The number of rotatable bonds is 5. The van der Waals surface area contributed by atoms with Crippen LogP contribution in [0.1, 0.15) is 11.9 Å². The molecule has 1 aromatic carbocycles. The molecule has 0 radical (unpaired) electrons. The van der Waals surface area contributed by atoms with Crippen LogP contribution in [0.25, 0.3) is 0 Å². The third-order valence-electron chi connectivity index (χ3n) is 2.19. The number of hydrogen-bond acceptors (Lipinski definition) is 6. The summed E-state index contributed by atoms with van der Waals surface area (Å²) in [4.78, 5) is 13.9. The number of phenolic OH excluding ortho intramolecular Hbond substituents is 1. The van der Waals surface area contributed by atoms with Crippen molar-refractivity contribution in [2.24, 2.45) is 4.99 Å². The highest BCUT2D eigenvalue weighted by Crippen LogP contribution is 2.42. The summed E-state index contributed by atoms with van der Waals surface area (Å²) >= 11 is 0. The van der Waals surface area contributed by atoms with Gasteiger partial charge in [-0.2, -0.15) is 4.99 Å². The van der Waals surface area contributed by atoms with Gasteiger partial charge in [-0.25, -0.2) is 4.79 Å². The second kappa shape index (κ2) is 6.00. The summed E-state index contributed by atoms with van der Waals surface area (Å²) < 4.78 is 15.1. The van der Waals surface area contributed by atoms with E-state index in [4.69, 9.17) is 14.2 Å². The van der Waals surface area contributed by atoms with Crippen LogP contribution < -0.4 is 4.74 Å². The van der Waals surface area contributed by atoms with E-state index >= 15 is 0 Å². The molecule has 0 amide bonds. The average molecular weight is 239 g/mol. The highest BCUT2D eigenvalue weighted by molar-refractivity contribution is 5.67. The maximum atomic E-state index is 10.4. The summed E-state index contributed by atoms with van der Waals surface area (Å²) in [6, 6.07) is 2.94. The molecule has 0 bridgehead atoms. The topological polar surface area (TPSA) is 77.3 Å². The Morgan fingerprint density at radius 1 is 1.29 bits per heavy atom. The van der Waals surface area contributed by atoms with Crippen molar-refractivity contribution in [1.29, 1.82) is 0 Å². The molecule has 17 heavy (non-hydrogen) atoms. The van der Waals surface area contributed by atoms with Crippen LogP contribution >= 0.6 is 0 Å². The first kappa shape index (κ1) is 13.2. The smallest absolute Gasteiger partial charge is 0.240 e. The van der Waals surface area contributed by atoms with Gasteiger partial charge in [0.2, 0.25) is 6.08 Å². The molecule has 0 fully saturated rings. The van der Waals surface area contributed by atoms with E-state index in [0.717, 1.165) is 0 Å². The zero-order chi connectivity index (χ0) is 12.8. The fourth-order valence-corrected chi connectivity index (χ4v) is 1.48. The van der Waals surface area contributed by atoms with Crippen molar-refractivity contribution in [2.75, 3.05) is 21.3 Å². The summed E-state index contributed by atoms with van der Waals surface area (Å²) in [6.45, 7) is 0. The van der Waals surface area contributed by atoms with Gasteiger partial charge >= 0.3 is 0 Å². The number of phenols is 1. The lowest BCUT2D eigenvalue weighted by Gasteiger charge is -2.17. The van der Waals surface area contributed by atoms with E-state index in [2.05, 4.69) is 4.99 Å². The third kappa shape index (κ3) is 2.62. The minimum Gasteiger partial charge on any atom is -0.504 e. The number of benzene rings is 1. The summed E-state index contributed by atoms with van der Waals surface area (Å²) in [6.07, 6.45) is 0.691. The molecule has 0 spiro atoms. The van der Waals surface area contributed by atoms with Crippen LogP contribution in [0.4, 0.5) is 5.69 Å². The van der Waals surface area contributed by atoms with Crippen LogP contribution in [0, 0.1) is 0 Å². The van der Waals surface area contributed by atoms with E-state index in [-0.39, 0.29) is 17.2 Å². The van der Waals surface area contributed by atoms with Crippen LogP contribution in [0.2, 0.25) is 0 Å². The summed E-state index contributed by atoms with van der Waals surface area (Å²) in [5, 5.41) is 9.57. The molecule has 0 saturated carbocycles. The van der Waals surface area contributed by atoms with Gasteiger partial charge in [0, 0.05) is 19.8 Å². The first-order chi connectivity index (χ1) is 8.19. The Hall–Kier alpha value is -1.88. The lowest BCUT2D eigenvalue weighted by Crippen LogP contribution is -2.04. The molecule has 0 saturated heterocycles. The van der Waals surface area contributed by atoms with Crippen molar-refractivity contribution in [3.05, 3.63) is 17.7 Å². The number of hydrogen-bond donors (Lipinski definition) is 1. The second-order valence-corrected chi connectivity index (χ2v) is 3.06. The quantitative estimate of drug-likeness (QED) is 0.480. The highest BCUT2D eigenvalue weighted by atomic mass is 16.7. The highest BCUT2D eigenvalue weighted by Gasteiger charge is 2.20. The number of isocyanates is 1. The molecule has 1 rings (SSSR count). The number of methoxy groups -OCH3 is 3. The van der Waals surface area contributed by atoms with Gasteiger partial charge in [0.15, 0.2) is 17.8 Å². The molecule has 0 aliphatic rings.